The molecule has 1 N–H and O–H groups in total. The van der Waals surface area contributed by atoms with Crippen molar-refractivity contribution in [2.45, 2.75) is 26.1 Å². The zero-order valence-electron chi connectivity index (χ0n) is 15.8. The summed E-state index contributed by atoms with van der Waals surface area (Å²) in [5.74, 6) is -0.147. The molecule has 0 bridgehead atoms. The van der Waals surface area contributed by atoms with Gasteiger partial charge in [0, 0.05) is 31.1 Å². The third kappa shape index (κ3) is 3.40. The van der Waals surface area contributed by atoms with Gasteiger partial charge in [-0.15, -0.1) is 0 Å². The van der Waals surface area contributed by atoms with Gasteiger partial charge in [0.25, 0.3) is 0 Å². The van der Waals surface area contributed by atoms with Gasteiger partial charge in [-0.25, -0.2) is 0 Å². The molecule has 1 aromatic carbocycles. The number of aromatic nitrogens is 4. The molecule has 28 heavy (non-hydrogen) atoms. The summed E-state index contributed by atoms with van der Waals surface area (Å²) in [5.41, 5.74) is 3.86. The first-order valence-electron chi connectivity index (χ1n) is 9.17. The molecule has 3 heterocycles. The van der Waals surface area contributed by atoms with Crippen LogP contribution in [0, 0.1) is 0 Å². The summed E-state index contributed by atoms with van der Waals surface area (Å²) in [4.78, 5) is 26.0. The Morgan fingerprint density at radius 3 is 2.93 bits per heavy atom. The highest BCUT2D eigenvalue weighted by molar-refractivity contribution is 5.87. The molecule has 144 valence electrons. The minimum atomic E-state index is -0.0896. The molecule has 2 aromatic heterocycles. The standard InChI is InChI=1S/C20H22N6O2/c1-3-20(28)25-6-7-26-18(13-25)16(12-23-26)10-21-19(27)9-14-4-5-17-15(8-14)11-22-24(17)2/h3-5,8,11-12H,1,6-7,9-10,13H2,2H3,(H,21,27). The Morgan fingerprint density at radius 2 is 2.11 bits per heavy atom. The molecule has 4 rings (SSSR count). The van der Waals surface area contributed by atoms with E-state index < -0.39 is 0 Å². The molecule has 0 atom stereocenters. The summed E-state index contributed by atoms with van der Waals surface area (Å²) >= 11 is 0. The highest BCUT2D eigenvalue weighted by atomic mass is 16.2. The van der Waals surface area contributed by atoms with Crippen molar-refractivity contribution in [2.75, 3.05) is 6.54 Å². The Bertz CT molecular complexity index is 1060. The minimum absolute atomic E-state index is 0.0574. The van der Waals surface area contributed by atoms with Gasteiger partial charge >= 0.3 is 0 Å². The average molecular weight is 378 g/mol. The van der Waals surface area contributed by atoms with E-state index in [0.29, 0.717) is 32.6 Å². The fourth-order valence-corrected chi connectivity index (χ4v) is 3.53. The zero-order valence-corrected chi connectivity index (χ0v) is 15.8. The van der Waals surface area contributed by atoms with Crippen molar-refractivity contribution < 1.29 is 9.59 Å². The normalized spacial score (nSPS) is 13.4. The fraction of sp³-hybridized carbons (Fsp3) is 0.300. The van der Waals surface area contributed by atoms with E-state index in [1.165, 1.54) is 6.08 Å². The molecule has 0 saturated carbocycles. The first kappa shape index (κ1) is 18.0. The van der Waals surface area contributed by atoms with E-state index >= 15 is 0 Å². The number of carbonyl (C=O) groups is 2. The van der Waals surface area contributed by atoms with Crippen LogP contribution < -0.4 is 5.32 Å². The predicted octanol–water partition coefficient (Wildman–Crippen LogP) is 1.16. The Morgan fingerprint density at radius 1 is 1.25 bits per heavy atom. The topological polar surface area (TPSA) is 85.1 Å². The van der Waals surface area contributed by atoms with Gasteiger partial charge in [0.1, 0.15) is 0 Å². The van der Waals surface area contributed by atoms with Gasteiger partial charge < -0.3 is 10.2 Å². The number of nitrogens with one attached hydrogen (secondary N) is 1. The smallest absolute Gasteiger partial charge is 0.246 e. The molecule has 8 heteroatoms. The largest absolute Gasteiger partial charge is 0.352 e. The Balaban J connectivity index is 1.39. The van der Waals surface area contributed by atoms with Crippen LogP contribution in [-0.2, 0) is 42.7 Å². The van der Waals surface area contributed by atoms with E-state index in [1.807, 2.05) is 34.6 Å². The Hall–Kier alpha value is -3.42. The number of aryl methyl sites for hydroxylation is 1. The lowest BCUT2D eigenvalue weighted by molar-refractivity contribution is -0.127. The molecule has 1 aliphatic heterocycles. The minimum Gasteiger partial charge on any atom is -0.352 e. The van der Waals surface area contributed by atoms with Crippen molar-refractivity contribution in [3.63, 3.8) is 0 Å². The van der Waals surface area contributed by atoms with Crippen LogP contribution >= 0.6 is 0 Å². The van der Waals surface area contributed by atoms with E-state index in [4.69, 9.17) is 0 Å². The number of hydrogen-bond donors (Lipinski definition) is 1. The number of rotatable bonds is 5. The van der Waals surface area contributed by atoms with Crippen LogP contribution in [-0.4, -0.2) is 42.8 Å². The van der Waals surface area contributed by atoms with Crippen LogP contribution in [0.25, 0.3) is 10.9 Å². The summed E-state index contributed by atoms with van der Waals surface area (Å²) in [5, 5.41) is 12.6. The summed E-state index contributed by atoms with van der Waals surface area (Å²) in [7, 11) is 1.89. The summed E-state index contributed by atoms with van der Waals surface area (Å²) in [6.45, 7) is 5.67. The van der Waals surface area contributed by atoms with Gasteiger partial charge in [-0.2, -0.15) is 10.2 Å². The quantitative estimate of drug-likeness (QED) is 0.675. The first-order chi connectivity index (χ1) is 13.5. The van der Waals surface area contributed by atoms with Crippen LogP contribution in [0.3, 0.4) is 0 Å². The van der Waals surface area contributed by atoms with E-state index in [2.05, 4.69) is 22.1 Å². The second-order valence-electron chi connectivity index (χ2n) is 6.92. The lowest BCUT2D eigenvalue weighted by Crippen LogP contribution is -2.38. The molecule has 8 nitrogen and oxygen atoms in total. The highest BCUT2D eigenvalue weighted by Crippen LogP contribution is 2.18. The lowest BCUT2D eigenvalue weighted by Gasteiger charge is -2.27. The van der Waals surface area contributed by atoms with Gasteiger partial charge in [0.2, 0.25) is 11.8 Å². The number of fused-ring (bicyclic) bond motifs is 2. The average Bonchev–Trinajstić information content (AvgIpc) is 3.28. The highest BCUT2D eigenvalue weighted by Gasteiger charge is 2.22. The molecule has 0 radical (unpaired) electrons. The number of benzene rings is 1. The molecule has 3 aromatic rings. The molecule has 1 aliphatic rings. The molecular weight excluding hydrogens is 356 g/mol. The molecule has 0 fully saturated rings. The summed E-state index contributed by atoms with van der Waals surface area (Å²) in [6.07, 6.45) is 5.19. The maximum absolute atomic E-state index is 12.4. The van der Waals surface area contributed by atoms with Crippen molar-refractivity contribution in [3.8, 4) is 0 Å². The molecule has 0 saturated heterocycles. The van der Waals surface area contributed by atoms with Gasteiger partial charge in [0.15, 0.2) is 0 Å². The van der Waals surface area contributed by atoms with Crippen LogP contribution in [0.2, 0.25) is 0 Å². The van der Waals surface area contributed by atoms with Crippen LogP contribution in [0.1, 0.15) is 16.8 Å². The molecule has 0 unspecified atom stereocenters. The molecular formula is C20H22N6O2. The molecule has 2 amide bonds. The van der Waals surface area contributed by atoms with Crippen LogP contribution in [0.4, 0.5) is 0 Å². The van der Waals surface area contributed by atoms with Crippen molar-refractivity contribution in [2.24, 2.45) is 7.05 Å². The maximum Gasteiger partial charge on any atom is 0.246 e. The van der Waals surface area contributed by atoms with E-state index in [-0.39, 0.29) is 11.8 Å². The Kier molecular flexibility index (Phi) is 4.68. The summed E-state index contributed by atoms with van der Waals surface area (Å²) < 4.78 is 3.70. The Labute approximate surface area is 162 Å². The maximum atomic E-state index is 12.4. The number of carbonyl (C=O) groups excluding carboxylic acids is 2. The predicted molar refractivity (Wildman–Crippen MR) is 104 cm³/mol. The van der Waals surface area contributed by atoms with E-state index in [0.717, 1.165) is 27.7 Å². The van der Waals surface area contributed by atoms with E-state index in [9.17, 15) is 9.59 Å². The second kappa shape index (κ2) is 7.30. The van der Waals surface area contributed by atoms with Gasteiger partial charge in [-0.3, -0.25) is 19.0 Å². The van der Waals surface area contributed by atoms with Gasteiger partial charge in [0.05, 0.1) is 43.1 Å². The molecule has 0 spiro atoms. The number of amides is 2. The van der Waals surface area contributed by atoms with E-state index in [1.54, 1.807) is 17.3 Å². The zero-order chi connectivity index (χ0) is 19.7. The number of hydrogen-bond acceptors (Lipinski definition) is 4. The van der Waals surface area contributed by atoms with Crippen LogP contribution in [0.5, 0.6) is 0 Å². The molecule has 0 aliphatic carbocycles. The van der Waals surface area contributed by atoms with Crippen molar-refractivity contribution in [1.82, 2.24) is 29.8 Å². The van der Waals surface area contributed by atoms with Crippen molar-refractivity contribution in [3.05, 3.63) is 60.1 Å². The summed E-state index contributed by atoms with van der Waals surface area (Å²) in [6, 6.07) is 5.91. The van der Waals surface area contributed by atoms with Crippen molar-refractivity contribution in [1.29, 1.82) is 0 Å². The monoisotopic (exact) mass is 378 g/mol. The number of nitrogens with zero attached hydrogens (tertiary/aromatic N) is 5. The van der Waals surface area contributed by atoms with Crippen molar-refractivity contribution >= 4 is 22.7 Å². The van der Waals surface area contributed by atoms with Gasteiger partial charge in [-0.05, 0) is 23.8 Å². The lowest BCUT2D eigenvalue weighted by atomic mass is 10.1. The van der Waals surface area contributed by atoms with Gasteiger partial charge in [-0.1, -0.05) is 12.6 Å². The SMILES string of the molecule is C=CC(=O)N1CCn2ncc(CNC(=O)Cc3ccc4c(cnn4C)c3)c2C1. The third-order valence-electron chi connectivity index (χ3n) is 5.10. The van der Waals surface area contributed by atoms with Crippen LogP contribution in [0.15, 0.2) is 43.2 Å². The first-order valence-corrected chi connectivity index (χ1v) is 9.17. The second-order valence-corrected chi connectivity index (χ2v) is 6.92. The third-order valence-corrected chi connectivity index (χ3v) is 5.10. The fourth-order valence-electron chi connectivity index (χ4n) is 3.53.